The standard InChI is InChI=1S/C17H18ClNO2/c1-11(19)15-4-2-3-5-16(15)21-10-13-9-14(18)8-12-6-7-20-17(12)13/h2-5,8-9,11H,6-7,10,19H2,1H3/t11-/m1/s1. The monoisotopic (exact) mass is 303 g/mol. The lowest BCUT2D eigenvalue weighted by molar-refractivity contribution is 0.288. The first-order valence-corrected chi connectivity index (χ1v) is 7.44. The van der Waals surface area contributed by atoms with Crippen LogP contribution in [0.2, 0.25) is 5.02 Å². The van der Waals surface area contributed by atoms with Gasteiger partial charge in [-0.3, -0.25) is 0 Å². The molecule has 1 heterocycles. The Morgan fingerprint density at radius 2 is 2.14 bits per heavy atom. The highest BCUT2D eigenvalue weighted by atomic mass is 35.5. The molecule has 0 aliphatic carbocycles. The first-order valence-electron chi connectivity index (χ1n) is 7.06. The minimum atomic E-state index is -0.0671. The van der Waals surface area contributed by atoms with Crippen LogP contribution in [0.5, 0.6) is 11.5 Å². The van der Waals surface area contributed by atoms with Gasteiger partial charge in [0.05, 0.1) is 6.61 Å². The molecule has 0 saturated carbocycles. The normalized spacial score (nSPS) is 14.4. The fourth-order valence-electron chi connectivity index (χ4n) is 2.60. The van der Waals surface area contributed by atoms with Gasteiger partial charge in [-0.1, -0.05) is 29.8 Å². The molecule has 3 rings (SSSR count). The first kappa shape index (κ1) is 14.2. The predicted molar refractivity (Wildman–Crippen MR) is 84.0 cm³/mol. The molecule has 0 aromatic heterocycles. The van der Waals surface area contributed by atoms with Crippen LogP contribution in [-0.4, -0.2) is 6.61 Å². The summed E-state index contributed by atoms with van der Waals surface area (Å²) in [5, 5.41) is 0.721. The molecule has 1 aliphatic rings. The lowest BCUT2D eigenvalue weighted by Gasteiger charge is -2.15. The second-order valence-electron chi connectivity index (χ2n) is 5.27. The van der Waals surface area contributed by atoms with E-state index in [0.717, 1.165) is 39.6 Å². The van der Waals surface area contributed by atoms with Gasteiger partial charge in [-0.05, 0) is 30.7 Å². The Labute approximate surface area is 129 Å². The fraction of sp³-hybridized carbons (Fsp3) is 0.294. The van der Waals surface area contributed by atoms with Crippen LogP contribution in [0, 0.1) is 0 Å². The maximum absolute atomic E-state index is 6.16. The first-order chi connectivity index (χ1) is 10.1. The molecule has 2 N–H and O–H groups in total. The summed E-state index contributed by atoms with van der Waals surface area (Å²) < 4.78 is 11.6. The molecule has 21 heavy (non-hydrogen) atoms. The number of benzene rings is 2. The minimum Gasteiger partial charge on any atom is -0.493 e. The van der Waals surface area contributed by atoms with Crippen molar-refractivity contribution in [3.63, 3.8) is 0 Å². The Balaban J connectivity index is 1.83. The maximum atomic E-state index is 6.16. The van der Waals surface area contributed by atoms with Crippen LogP contribution in [0.1, 0.15) is 29.7 Å². The summed E-state index contributed by atoms with van der Waals surface area (Å²) in [4.78, 5) is 0. The van der Waals surface area contributed by atoms with Gasteiger partial charge in [-0.15, -0.1) is 0 Å². The largest absolute Gasteiger partial charge is 0.493 e. The van der Waals surface area contributed by atoms with Crippen LogP contribution in [0.3, 0.4) is 0 Å². The predicted octanol–water partition coefficient (Wildman–Crippen LogP) is 3.87. The van der Waals surface area contributed by atoms with Crippen LogP contribution >= 0.6 is 11.6 Å². The Kier molecular flexibility index (Phi) is 4.04. The molecule has 0 saturated heterocycles. The van der Waals surface area contributed by atoms with E-state index >= 15 is 0 Å². The van der Waals surface area contributed by atoms with E-state index in [2.05, 4.69) is 0 Å². The SMILES string of the molecule is C[C@@H](N)c1ccccc1OCc1cc(Cl)cc2c1OCC2. The van der Waals surface area contributed by atoms with Gasteiger partial charge < -0.3 is 15.2 Å². The molecule has 2 aromatic rings. The highest BCUT2D eigenvalue weighted by Gasteiger charge is 2.18. The van der Waals surface area contributed by atoms with E-state index in [-0.39, 0.29) is 6.04 Å². The molecule has 3 nitrogen and oxygen atoms in total. The van der Waals surface area contributed by atoms with Gasteiger partial charge in [0.25, 0.3) is 0 Å². The number of ether oxygens (including phenoxy) is 2. The van der Waals surface area contributed by atoms with Crippen molar-refractivity contribution in [2.45, 2.75) is 26.0 Å². The third kappa shape index (κ3) is 2.99. The molecule has 4 heteroatoms. The molecule has 0 fully saturated rings. The van der Waals surface area contributed by atoms with E-state index in [0.29, 0.717) is 13.2 Å². The van der Waals surface area contributed by atoms with E-state index < -0.39 is 0 Å². The second kappa shape index (κ2) is 5.96. The van der Waals surface area contributed by atoms with E-state index in [1.54, 1.807) is 0 Å². The highest BCUT2D eigenvalue weighted by molar-refractivity contribution is 6.30. The zero-order valence-electron chi connectivity index (χ0n) is 11.9. The number of fused-ring (bicyclic) bond motifs is 1. The van der Waals surface area contributed by atoms with Crippen molar-refractivity contribution in [1.29, 1.82) is 0 Å². The van der Waals surface area contributed by atoms with Crippen molar-refractivity contribution >= 4 is 11.6 Å². The quantitative estimate of drug-likeness (QED) is 0.932. The number of rotatable bonds is 4. The van der Waals surface area contributed by atoms with Crippen molar-refractivity contribution in [1.82, 2.24) is 0 Å². The van der Waals surface area contributed by atoms with Crippen LogP contribution in [0.15, 0.2) is 36.4 Å². The lowest BCUT2D eigenvalue weighted by Crippen LogP contribution is -2.08. The Morgan fingerprint density at radius 3 is 2.95 bits per heavy atom. The summed E-state index contributed by atoms with van der Waals surface area (Å²) in [6.07, 6.45) is 0.902. The van der Waals surface area contributed by atoms with E-state index in [1.165, 1.54) is 0 Å². The molecule has 0 amide bonds. The summed E-state index contributed by atoms with van der Waals surface area (Å²) in [5.74, 6) is 1.72. The molecular formula is C17H18ClNO2. The zero-order chi connectivity index (χ0) is 14.8. The van der Waals surface area contributed by atoms with Gasteiger partial charge >= 0.3 is 0 Å². The van der Waals surface area contributed by atoms with Crippen molar-refractivity contribution in [2.75, 3.05) is 6.61 Å². The molecule has 0 bridgehead atoms. The van der Waals surface area contributed by atoms with E-state index in [9.17, 15) is 0 Å². The van der Waals surface area contributed by atoms with E-state index in [4.69, 9.17) is 26.8 Å². The molecule has 1 aliphatic heterocycles. The molecule has 0 spiro atoms. The van der Waals surface area contributed by atoms with Gasteiger partial charge in [0.15, 0.2) is 0 Å². The third-order valence-corrected chi connectivity index (χ3v) is 3.84. The zero-order valence-corrected chi connectivity index (χ0v) is 12.7. The summed E-state index contributed by atoms with van der Waals surface area (Å²) in [6, 6.07) is 11.6. The summed E-state index contributed by atoms with van der Waals surface area (Å²) in [6.45, 7) is 3.08. The van der Waals surface area contributed by atoms with Crippen molar-refractivity contribution in [3.8, 4) is 11.5 Å². The topological polar surface area (TPSA) is 44.5 Å². The molecule has 1 atom stereocenters. The molecule has 110 valence electrons. The number of para-hydroxylation sites is 1. The molecular weight excluding hydrogens is 286 g/mol. The summed E-state index contributed by atoms with van der Waals surface area (Å²) in [5.41, 5.74) is 9.10. The van der Waals surface area contributed by atoms with Crippen molar-refractivity contribution < 1.29 is 9.47 Å². The molecule has 0 unspecified atom stereocenters. The maximum Gasteiger partial charge on any atom is 0.129 e. The second-order valence-corrected chi connectivity index (χ2v) is 5.70. The van der Waals surface area contributed by atoms with Crippen LogP contribution in [0.4, 0.5) is 0 Å². The number of halogens is 1. The van der Waals surface area contributed by atoms with Crippen molar-refractivity contribution in [2.24, 2.45) is 5.73 Å². The fourth-order valence-corrected chi connectivity index (χ4v) is 2.86. The molecule has 2 aromatic carbocycles. The lowest BCUT2D eigenvalue weighted by atomic mass is 10.1. The van der Waals surface area contributed by atoms with E-state index in [1.807, 2.05) is 43.3 Å². The van der Waals surface area contributed by atoms with Gasteiger partial charge in [0.1, 0.15) is 18.1 Å². The summed E-state index contributed by atoms with van der Waals surface area (Å²) in [7, 11) is 0. The number of nitrogens with two attached hydrogens (primary N) is 1. The minimum absolute atomic E-state index is 0.0671. The average Bonchev–Trinajstić information content (AvgIpc) is 2.93. The van der Waals surface area contributed by atoms with Crippen LogP contribution < -0.4 is 15.2 Å². The Bertz CT molecular complexity index is 655. The average molecular weight is 304 g/mol. The van der Waals surface area contributed by atoms with Gasteiger partial charge in [0, 0.05) is 28.6 Å². The van der Waals surface area contributed by atoms with Crippen molar-refractivity contribution in [3.05, 3.63) is 58.1 Å². The number of hydrogen-bond donors (Lipinski definition) is 1. The third-order valence-electron chi connectivity index (χ3n) is 3.62. The summed E-state index contributed by atoms with van der Waals surface area (Å²) >= 11 is 6.16. The number of hydrogen-bond acceptors (Lipinski definition) is 3. The van der Waals surface area contributed by atoms with Gasteiger partial charge in [-0.2, -0.15) is 0 Å². The van der Waals surface area contributed by atoms with Crippen LogP contribution in [0.25, 0.3) is 0 Å². The van der Waals surface area contributed by atoms with Gasteiger partial charge in [0.2, 0.25) is 0 Å². The Morgan fingerprint density at radius 1 is 1.33 bits per heavy atom. The smallest absolute Gasteiger partial charge is 0.129 e. The highest BCUT2D eigenvalue weighted by Crippen LogP contribution is 2.34. The molecule has 0 radical (unpaired) electrons. The van der Waals surface area contributed by atoms with Crippen LogP contribution in [-0.2, 0) is 13.0 Å². The Hall–Kier alpha value is -1.71. The van der Waals surface area contributed by atoms with Gasteiger partial charge in [-0.25, -0.2) is 0 Å².